The van der Waals surface area contributed by atoms with Gasteiger partial charge in [-0.05, 0) is 37.6 Å². The van der Waals surface area contributed by atoms with E-state index in [1.54, 1.807) is 31.5 Å². The number of nitrogens with one attached hydrogen (secondary N) is 1. The lowest BCUT2D eigenvalue weighted by molar-refractivity contribution is 0.415. The maximum Gasteiger partial charge on any atom is 0.229 e. The minimum atomic E-state index is -2.96. The second-order valence-corrected chi connectivity index (χ2v) is 8.69. The number of nitrogens with zero attached hydrogens (tertiary/aromatic N) is 3. The molecule has 2 aromatic rings. The van der Waals surface area contributed by atoms with E-state index < -0.39 is 9.84 Å². The van der Waals surface area contributed by atoms with Gasteiger partial charge in [-0.1, -0.05) is 11.6 Å². The molecule has 1 aromatic carbocycles. The van der Waals surface area contributed by atoms with Gasteiger partial charge in [0.15, 0.2) is 9.84 Å². The number of anilines is 3. The Bertz CT molecular complexity index is 891. The smallest absolute Gasteiger partial charge is 0.229 e. The van der Waals surface area contributed by atoms with Crippen molar-refractivity contribution in [3.63, 3.8) is 0 Å². The van der Waals surface area contributed by atoms with Gasteiger partial charge in [-0.15, -0.1) is 0 Å². The van der Waals surface area contributed by atoms with Crippen LogP contribution in [-0.4, -0.2) is 49.6 Å². The van der Waals surface area contributed by atoms with Crippen molar-refractivity contribution in [1.29, 1.82) is 0 Å². The summed E-state index contributed by atoms with van der Waals surface area (Å²) in [4.78, 5) is 10.8. The SMILES string of the molecule is CCN(c1ccnc(Nc2ccc(OC)c(Cl)c2)n1)C1CCS(=O)(=O)C1. The monoisotopic (exact) mass is 396 g/mol. The number of halogens is 1. The Labute approximate surface area is 158 Å². The van der Waals surface area contributed by atoms with Gasteiger partial charge in [-0.2, -0.15) is 4.98 Å². The molecular formula is C17H21ClN4O3S. The Balaban J connectivity index is 1.80. The summed E-state index contributed by atoms with van der Waals surface area (Å²) in [5.41, 5.74) is 0.736. The standard InChI is InChI=1S/C17H21ClN4O3S/c1-3-22(13-7-9-26(23,24)11-13)16-6-8-19-17(21-16)20-12-4-5-15(25-2)14(18)10-12/h4-6,8,10,13H,3,7,9,11H2,1-2H3,(H,19,20,21). The van der Waals surface area contributed by atoms with Crippen LogP contribution in [0.4, 0.5) is 17.5 Å². The van der Waals surface area contributed by atoms with Crippen LogP contribution in [0.5, 0.6) is 5.75 Å². The highest BCUT2D eigenvalue weighted by Crippen LogP contribution is 2.29. The van der Waals surface area contributed by atoms with Crippen molar-refractivity contribution in [2.24, 2.45) is 0 Å². The molecule has 1 unspecified atom stereocenters. The van der Waals surface area contributed by atoms with Gasteiger partial charge in [-0.3, -0.25) is 0 Å². The van der Waals surface area contributed by atoms with Crippen molar-refractivity contribution in [2.75, 3.05) is 35.4 Å². The van der Waals surface area contributed by atoms with Gasteiger partial charge in [-0.25, -0.2) is 13.4 Å². The summed E-state index contributed by atoms with van der Waals surface area (Å²) in [7, 11) is -1.40. The highest BCUT2D eigenvalue weighted by Gasteiger charge is 2.32. The largest absolute Gasteiger partial charge is 0.495 e. The van der Waals surface area contributed by atoms with Crippen LogP contribution in [0.2, 0.25) is 5.02 Å². The minimum absolute atomic E-state index is 0.0526. The summed E-state index contributed by atoms with van der Waals surface area (Å²) in [6.07, 6.45) is 2.28. The first kappa shape index (κ1) is 18.7. The van der Waals surface area contributed by atoms with Gasteiger partial charge in [0.25, 0.3) is 0 Å². The molecule has 1 aromatic heterocycles. The van der Waals surface area contributed by atoms with Crippen molar-refractivity contribution in [3.05, 3.63) is 35.5 Å². The zero-order valence-corrected chi connectivity index (χ0v) is 16.2. The second kappa shape index (κ2) is 7.67. The molecule has 1 aliphatic rings. The lowest BCUT2D eigenvalue weighted by Crippen LogP contribution is -2.36. The molecule has 0 saturated carbocycles. The molecule has 1 fully saturated rings. The Kier molecular flexibility index (Phi) is 5.52. The minimum Gasteiger partial charge on any atom is -0.495 e. The molecule has 1 aliphatic heterocycles. The predicted octanol–water partition coefficient (Wildman–Crippen LogP) is 2.90. The highest BCUT2D eigenvalue weighted by atomic mass is 35.5. The lowest BCUT2D eigenvalue weighted by Gasteiger charge is -2.28. The van der Waals surface area contributed by atoms with E-state index in [1.807, 2.05) is 17.9 Å². The number of benzene rings is 1. The molecule has 7 nitrogen and oxygen atoms in total. The van der Waals surface area contributed by atoms with Crippen LogP contribution in [0.25, 0.3) is 0 Å². The van der Waals surface area contributed by atoms with E-state index in [0.717, 1.165) is 5.69 Å². The third-order valence-corrected chi connectivity index (χ3v) is 6.38. The van der Waals surface area contributed by atoms with Crippen molar-refractivity contribution < 1.29 is 13.2 Å². The molecule has 3 rings (SSSR count). The van der Waals surface area contributed by atoms with Crippen molar-refractivity contribution in [1.82, 2.24) is 9.97 Å². The summed E-state index contributed by atoms with van der Waals surface area (Å²) in [6, 6.07) is 7.05. The molecule has 0 radical (unpaired) electrons. The van der Waals surface area contributed by atoms with Crippen LogP contribution in [0.15, 0.2) is 30.5 Å². The Morgan fingerprint density at radius 1 is 1.38 bits per heavy atom. The zero-order valence-electron chi connectivity index (χ0n) is 14.6. The van der Waals surface area contributed by atoms with Crippen molar-refractivity contribution >= 4 is 38.9 Å². The van der Waals surface area contributed by atoms with Crippen LogP contribution >= 0.6 is 11.6 Å². The summed E-state index contributed by atoms with van der Waals surface area (Å²) in [5, 5.41) is 3.60. The van der Waals surface area contributed by atoms with E-state index >= 15 is 0 Å². The first-order chi connectivity index (χ1) is 12.4. The fourth-order valence-electron chi connectivity index (χ4n) is 3.07. The molecule has 0 spiro atoms. The van der Waals surface area contributed by atoms with E-state index in [1.165, 1.54) is 0 Å². The first-order valence-electron chi connectivity index (χ1n) is 8.32. The molecule has 26 heavy (non-hydrogen) atoms. The van der Waals surface area contributed by atoms with E-state index in [-0.39, 0.29) is 17.5 Å². The van der Waals surface area contributed by atoms with Gasteiger partial charge >= 0.3 is 0 Å². The van der Waals surface area contributed by atoms with Gasteiger partial charge < -0.3 is 15.0 Å². The number of sulfone groups is 1. The Morgan fingerprint density at radius 3 is 2.81 bits per heavy atom. The molecule has 2 heterocycles. The van der Waals surface area contributed by atoms with Crippen molar-refractivity contribution in [3.8, 4) is 5.75 Å². The number of hydrogen-bond donors (Lipinski definition) is 1. The number of methoxy groups -OCH3 is 1. The molecule has 1 N–H and O–H groups in total. The summed E-state index contributed by atoms with van der Waals surface area (Å²) < 4.78 is 28.7. The number of aromatic nitrogens is 2. The number of hydrogen-bond acceptors (Lipinski definition) is 7. The highest BCUT2D eigenvalue weighted by molar-refractivity contribution is 7.91. The molecule has 0 aliphatic carbocycles. The Morgan fingerprint density at radius 2 is 2.19 bits per heavy atom. The van der Waals surface area contributed by atoms with E-state index in [0.29, 0.717) is 35.5 Å². The summed E-state index contributed by atoms with van der Waals surface area (Å²) in [6.45, 7) is 2.66. The molecule has 0 bridgehead atoms. The predicted molar refractivity (Wildman–Crippen MR) is 103 cm³/mol. The topological polar surface area (TPSA) is 84.4 Å². The van der Waals surface area contributed by atoms with Crippen LogP contribution in [0, 0.1) is 0 Å². The third-order valence-electron chi connectivity index (χ3n) is 4.33. The normalized spacial score (nSPS) is 18.5. The van der Waals surface area contributed by atoms with Crippen LogP contribution in [-0.2, 0) is 9.84 Å². The van der Waals surface area contributed by atoms with Gasteiger partial charge in [0.05, 0.1) is 23.6 Å². The third kappa shape index (κ3) is 4.19. The van der Waals surface area contributed by atoms with Gasteiger partial charge in [0.1, 0.15) is 11.6 Å². The average Bonchev–Trinajstić information content (AvgIpc) is 2.96. The first-order valence-corrected chi connectivity index (χ1v) is 10.5. The average molecular weight is 397 g/mol. The second-order valence-electron chi connectivity index (χ2n) is 6.06. The van der Waals surface area contributed by atoms with Gasteiger partial charge in [0.2, 0.25) is 5.95 Å². The van der Waals surface area contributed by atoms with Crippen LogP contribution in [0.1, 0.15) is 13.3 Å². The van der Waals surface area contributed by atoms with Crippen LogP contribution < -0.4 is 15.0 Å². The van der Waals surface area contributed by atoms with E-state index in [4.69, 9.17) is 16.3 Å². The molecule has 1 saturated heterocycles. The number of ether oxygens (including phenoxy) is 1. The molecule has 140 valence electrons. The van der Waals surface area contributed by atoms with E-state index in [2.05, 4.69) is 15.3 Å². The maximum absolute atomic E-state index is 11.8. The fraction of sp³-hybridized carbons (Fsp3) is 0.412. The molecule has 9 heteroatoms. The molecule has 0 amide bonds. The molecule has 1 atom stereocenters. The quantitative estimate of drug-likeness (QED) is 0.803. The van der Waals surface area contributed by atoms with Crippen LogP contribution in [0.3, 0.4) is 0 Å². The molecular weight excluding hydrogens is 376 g/mol. The summed E-state index contributed by atoms with van der Waals surface area (Å²) >= 11 is 6.14. The van der Waals surface area contributed by atoms with Crippen molar-refractivity contribution in [2.45, 2.75) is 19.4 Å². The maximum atomic E-state index is 11.8. The Hall–Kier alpha value is -2.06. The van der Waals surface area contributed by atoms with Gasteiger partial charge in [0, 0.05) is 24.5 Å². The lowest BCUT2D eigenvalue weighted by atomic mass is 10.2. The zero-order chi connectivity index (χ0) is 18.7. The fourth-order valence-corrected chi connectivity index (χ4v) is 5.06. The van der Waals surface area contributed by atoms with E-state index in [9.17, 15) is 8.42 Å². The summed E-state index contributed by atoms with van der Waals surface area (Å²) in [5.74, 6) is 2.11. The number of rotatable bonds is 6.